The maximum Gasteiger partial charge on any atom is 0.255 e. The Kier molecular flexibility index (Phi) is 3.26. The lowest BCUT2D eigenvalue weighted by Crippen LogP contribution is -2.28. The van der Waals surface area contributed by atoms with Crippen LogP contribution in [0.15, 0.2) is 18.3 Å². The van der Waals surface area contributed by atoms with Gasteiger partial charge in [-0.3, -0.25) is 4.79 Å². The van der Waals surface area contributed by atoms with Gasteiger partial charge in [-0.25, -0.2) is 10.8 Å². The number of nitrogen functional groups attached to an aromatic ring is 1. The van der Waals surface area contributed by atoms with Crippen molar-refractivity contribution in [1.29, 1.82) is 0 Å². The van der Waals surface area contributed by atoms with E-state index in [0.29, 0.717) is 23.8 Å². The summed E-state index contributed by atoms with van der Waals surface area (Å²) in [5, 5.41) is 2.97. The van der Waals surface area contributed by atoms with Gasteiger partial charge in [0.1, 0.15) is 0 Å². The van der Waals surface area contributed by atoms with Gasteiger partial charge in [-0.2, -0.15) is 0 Å². The van der Waals surface area contributed by atoms with Crippen molar-refractivity contribution in [3.63, 3.8) is 0 Å². The Balaban J connectivity index is 2.00. The first kappa shape index (κ1) is 13.8. The first-order valence-electron chi connectivity index (χ1n) is 6.52. The van der Waals surface area contributed by atoms with Crippen molar-refractivity contribution in [2.24, 2.45) is 22.6 Å². The lowest BCUT2D eigenvalue weighted by Gasteiger charge is -2.09. The van der Waals surface area contributed by atoms with E-state index < -0.39 is 0 Å². The van der Waals surface area contributed by atoms with Crippen LogP contribution in [0.5, 0.6) is 0 Å². The van der Waals surface area contributed by atoms with Crippen LogP contribution in [-0.4, -0.2) is 17.4 Å². The normalized spacial score (nSPS) is 19.8. The molecule has 0 saturated heterocycles. The second-order valence-electron chi connectivity index (χ2n) is 6.25. The van der Waals surface area contributed by atoms with Crippen molar-refractivity contribution in [2.45, 2.75) is 27.7 Å². The molecule has 1 aliphatic carbocycles. The first-order chi connectivity index (χ1) is 8.82. The Morgan fingerprint density at radius 1 is 1.37 bits per heavy atom. The lowest BCUT2D eigenvalue weighted by atomic mass is 10.0. The number of hydrazine groups is 1. The average Bonchev–Trinajstić information content (AvgIpc) is 2.76. The minimum Gasteiger partial charge on any atom is -0.352 e. The Morgan fingerprint density at radius 3 is 2.53 bits per heavy atom. The van der Waals surface area contributed by atoms with Crippen molar-refractivity contribution in [3.05, 3.63) is 23.9 Å². The number of nitrogens with two attached hydrogens (primary N) is 1. The van der Waals surface area contributed by atoms with Crippen LogP contribution in [-0.2, 0) is 0 Å². The molecule has 1 aromatic rings. The fraction of sp³-hybridized carbons (Fsp3) is 0.571. The summed E-state index contributed by atoms with van der Waals surface area (Å²) in [6, 6.07) is 3.43. The number of carbonyl (C=O) groups is 1. The Hall–Kier alpha value is -1.62. The Labute approximate surface area is 114 Å². The quantitative estimate of drug-likeness (QED) is 0.571. The van der Waals surface area contributed by atoms with E-state index in [4.69, 9.17) is 5.84 Å². The van der Waals surface area contributed by atoms with Gasteiger partial charge in [-0.1, -0.05) is 27.7 Å². The van der Waals surface area contributed by atoms with Crippen LogP contribution in [0, 0.1) is 16.7 Å². The number of rotatable bonds is 4. The van der Waals surface area contributed by atoms with E-state index in [0.717, 1.165) is 0 Å². The van der Waals surface area contributed by atoms with Crippen LogP contribution < -0.4 is 16.6 Å². The topological polar surface area (TPSA) is 80.0 Å². The number of pyridine rings is 1. The third-order valence-corrected chi connectivity index (χ3v) is 4.98. The molecule has 0 radical (unpaired) electrons. The van der Waals surface area contributed by atoms with Crippen LogP contribution in [0.25, 0.3) is 0 Å². The molecule has 1 aliphatic rings. The summed E-state index contributed by atoms with van der Waals surface area (Å²) in [4.78, 5) is 16.2. The van der Waals surface area contributed by atoms with Gasteiger partial charge in [0.2, 0.25) is 0 Å². The number of hydrogen-bond acceptors (Lipinski definition) is 4. The maximum atomic E-state index is 12.1. The molecule has 0 atom stereocenters. The SMILES string of the molecule is CC1(C)C(CNC(=O)c2cccnc2NN)C1(C)C. The van der Waals surface area contributed by atoms with Gasteiger partial charge in [-0.15, -0.1) is 0 Å². The summed E-state index contributed by atoms with van der Waals surface area (Å²) >= 11 is 0. The van der Waals surface area contributed by atoms with Crippen LogP contribution in [0.4, 0.5) is 5.82 Å². The molecule has 5 heteroatoms. The van der Waals surface area contributed by atoms with Crippen LogP contribution in [0.2, 0.25) is 0 Å². The number of nitrogens with one attached hydrogen (secondary N) is 2. The third kappa shape index (κ3) is 2.18. The first-order valence-corrected chi connectivity index (χ1v) is 6.52. The molecule has 1 fully saturated rings. The highest BCUT2D eigenvalue weighted by Crippen LogP contribution is 2.67. The maximum absolute atomic E-state index is 12.1. The summed E-state index contributed by atoms with van der Waals surface area (Å²) in [5.41, 5.74) is 3.45. The van der Waals surface area contributed by atoms with Crippen molar-refractivity contribution < 1.29 is 4.79 Å². The molecule has 1 aromatic heterocycles. The molecule has 1 heterocycles. The van der Waals surface area contributed by atoms with E-state index in [2.05, 4.69) is 43.4 Å². The van der Waals surface area contributed by atoms with E-state index in [1.807, 2.05) is 0 Å². The molecule has 0 bridgehead atoms. The standard InChI is InChI=1S/C14H22N4O/c1-13(2)10(14(13,3)4)8-17-12(19)9-6-5-7-16-11(9)18-15/h5-7,10H,8,15H2,1-4H3,(H,16,18)(H,17,19). The molecule has 0 aliphatic heterocycles. The van der Waals surface area contributed by atoms with Gasteiger partial charge in [0, 0.05) is 12.7 Å². The molecule has 0 unspecified atom stereocenters. The minimum atomic E-state index is -0.139. The zero-order chi connectivity index (χ0) is 14.3. The third-order valence-electron chi connectivity index (χ3n) is 4.98. The summed E-state index contributed by atoms with van der Waals surface area (Å²) < 4.78 is 0. The van der Waals surface area contributed by atoms with E-state index in [1.165, 1.54) is 0 Å². The van der Waals surface area contributed by atoms with Gasteiger partial charge >= 0.3 is 0 Å². The zero-order valence-corrected chi connectivity index (χ0v) is 11.9. The predicted molar refractivity (Wildman–Crippen MR) is 75.4 cm³/mol. The summed E-state index contributed by atoms with van der Waals surface area (Å²) in [6.45, 7) is 9.63. The highest BCUT2D eigenvalue weighted by molar-refractivity contribution is 5.98. The summed E-state index contributed by atoms with van der Waals surface area (Å²) in [7, 11) is 0. The Morgan fingerprint density at radius 2 is 2.00 bits per heavy atom. The molecule has 1 amide bonds. The second kappa shape index (κ2) is 4.49. The minimum absolute atomic E-state index is 0.139. The smallest absolute Gasteiger partial charge is 0.255 e. The molecular weight excluding hydrogens is 240 g/mol. The van der Waals surface area contributed by atoms with Gasteiger partial charge in [0.25, 0.3) is 5.91 Å². The molecule has 104 valence electrons. The molecule has 0 spiro atoms. The molecule has 2 rings (SSSR count). The van der Waals surface area contributed by atoms with E-state index in [1.54, 1.807) is 18.3 Å². The van der Waals surface area contributed by atoms with Crippen LogP contribution >= 0.6 is 0 Å². The number of hydrogen-bond donors (Lipinski definition) is 3. The van der Waals surface area contributed by atoms with Crippen molar-refractivity contribution >= 4 is 11.7 Å². The van der Waals surface area contributed by atoms with E-state index in [9.17, 15) is 4.79 Å². The molecule has 5 nitrogen and oxygen atoms in total. The van der Waals surface area contributed by atoms with Crippen molar-refractivity contribution in [1.82, 2.24) is 10.3 Å². The van der Waals surface area contributed by atoms with E-state index in [-0.39, 0.29) is 16.7 Å². The number of aromatic nitrogens is 1. The van der Waals surface area contributed by atoms with Gasteiger partial charge < -0.3 is 10.7 Å². The number of anilines is 1. The zero-order valence-electron chi connectivity index (χ0n) is 11.9. The lowest BCUT2D eigenvalue weighted by molar-refractivity contribution is 0.0950. The molecule has 4 N–H and O–H groups in total. The Bertz CT molecular complexity index is 482. The summed E-state index contributed by atoms with van der Waals surface area (Å²) in [6.07, 6.45) is 1.60. The fourth-order valence-corrected chi connectivity index (χ4v) is 2.84. The fourth-order valence-electron chi connectivity index (χ4n) is 2.84. The van der Waals surface area contributed by atoms with Crippen molar-refractivity contribution in [3.8, 4) is 0 Å². The number of nitrogens with zero attached hydrogens (tertiary/aromatic N) is 1. The molecule has 19 heavy (non-hydrogen) atoms. The van der Waals surface area contributed by atoms with Gasteiger partial charge in [-0.05, 0) is 28.9 Å². The number of amides is 1. The van der Waals surface area contributed by atoms with Crippen LogP contribution in [0.1, 0.15) is 38.1 Å². The highest BCUT2D eigenvalue weighted by atomic mass is 16.1. The largest absolute Gasteiger partial charge is 0.352 e. The molecule has 0 aromatic carbocycles. The van der Waals surface area contributed by atoms with Gasteiger partial charge in [0.05, 0.1) is 5.56 Å². The van der Waals surface area contributed by atoms with Crippen LogP contribution in [0.3, 0.4) is 0 Å². The summed E-state index contributed by atoms with van der Waals surface area (Å²) in [5.74, 6) is 6.10. The van der Waals surface area contributed by atoms with Crippen molar-refractivity contribution in [2.75, 3.05) is 12.0 Å². The second-order valence-corrected chi connectivity index (χ2v) is 6.25. The van der Waals surface area contributed by atoms with E-state index >= 15 is 0 Å². The highest BCUT2D eigenvalue weighted by Gasteiger charge is 2.64. The van der Waals surface area contributed by atoms with Gasteiger partial charge in [0.15, 0.2) is 5.82 Å². The molecule has 1 saturated carbocycles. The average molecular weight is 262 g/mol. The number of carbonyl (C=O) groups excluding carboxylic acids is 1. The monoisotopic (exact) mass is 262 g/mol. The molecular formula is C14H22N4O. The predicted octanol–water partition coefficient (Wildman–Crippen LogP) is 1.78.